The minimum Gasteiger partial charge on any atom is -0.445 e. The van der Waals surface area contributed by atoms with E-state index >= 15 is 0 Å². The van der Waals surface area contributed by atoms with Crippen LogP contribution in [0.15, 0.2) is 54.6 Å². The van der Waals surface area contributed by atoms with E-state index in [9.17, 15) is 4.79 Å². The first-order valence-corrected chi connectivity index (χ1v) is 7.76. The summed E-state index contributed by atoms with van der Waals surface area (Å²) in [7, 11) is 0. The Bertz CT molecular complexity index is 639. The molecule has 1 N–H and O–H groups in total. The first kappa shape index (κ1) is 14.6. The second kappa shape index (κ2) is 6.65. The van der Waals surface area contributed by atoms with Gasteiger partial charge in [0.25, 0.3) is 0 Å². The largest absolute Gasteiger partial charge is 0.445 e. The van der Waals surface area contributed by atoms with Gasteiger partial charge in [0.05, 0.1) is 0 Å². The lowest BCUT2D eigenvalue weighted by molar-refractivity contribution is 0.131. The number of carbonyl (C=O) groups is 1. The zero-order valence-electron chi connectivity index (χ0n) is 12.8. The van der Waals surface area contributed by atoms with Gasteiger partial charge in [-0.05, 0) is 35.4 Å². The summed E-state index contributed by atoms with van der Waals surface area (Å²) in [6.45, 7) is 2.49. The monoisotopic (exact) mass is 295 g/mol. The molecule has 22 heavy (non-hydrogen) atoms. The van der Waals surface area contributed by atoms with Crippen LogP contribution in [0.25, 0.3) is 0 Å². The van der Waals surface area contributed by atoms with Crippen molar-refractivity contribution in [1.82, 2.24) is 5.32 Å². The number of nitrogens with one attached hydrogen (secondary N) is 1. The van der Waals surface area contributed by atoms with Gasteiger partial charge in [0.1, 0.15) is 6.61 Å². The average molecular weight is 295 g/mol. The number of alkyl carbamates (subject to hydrolysis) is 1. The number of carbonyl (C=O) groups excluding carboxylic acids is 1. The smallest absolute Gasteiger partial charge is 0.407 e. The SMILES string of the molecule is C[C@@H]1Cc2ccccc2C[C@H]1NC(=O)OCc1ccccc1. The molecule has 0 spiro atoms. The van der Waals surface area contributed by atoms with Crippen molar-refractivity contribution in [3.63, 3.8) is 0 Å². The summed E-state index contributed by atoms with van der Waals surface area (Å²) in [5.41, 5.74) is 3.72. The molecule has 0 aliphatic heterocycles. The molecule has 2 aromatic carbocycles. The Morgan fingerprint density at radius 3 is 2.41 bits per heavy atom. The van der Waals surface area contributed by atoms with Gasteiger partial charge in [0.15, 0.2) is 0 Å². The topological polar surface area (TPSA) is 38.3 Å². The molecule has 1 aliphatic carbocycles. The van der Waals surface area contributed by atoms with Crippen molar-refractivity contribution in [2.45, 2.75) is 32.4 Å². The maximum atomic E-state index is 12.0. The van der Waals surface area contributed by atoms with E-state index in [4.69, 9.17) is 4.74 Å². The fourth-order valence-corrected chi connectivity index (χ4v) is 2.99. The van der Waals surface area contributed by atoms with E-state index in [2.05, 4.69) is 36.5 Å². The Balaban J connectivity index is 1.55. The van der Waals surface area contributed by atoms with Crippen LogP contribution in [0, 0.1) is 5.92 Å². The van der Waals surface area contributed by atoms with E-state index < -0.39 is 0 Å². The van der Waals surface area contributed by atoms with Gasteiger partial charge in [-0.1, -0.05) is 61.5 Å². The number of rotatable bonds is 3. The van der Waals surface area contributed by atoms with Crippen molar-refractivity contribution in [2.24, 2.45) is 5.92 Å². The lowest BCUT2D eigenvalue weighted by Gasteiger charge is -2.31. The maximum absolute atomic E-state index is 12.0. The van der Waals surface area contributed by atoms with Crippen LogP contribution >= 0.6 is 0 Å². The van der Waals surface area contributed by atoms with Crippen molar-refractivity contribution in [2.75, 3.05) is 0 Å². The molecule has 3 nitrogen and oxygen atoms in total. The van der Waals surface area contributed by atoms with Crippen molar-refractivity contribution >= 4 is 6.09 Å². The summed E-state index contributed by atoms with van der Waals surface area (Å²) in [6, 6.07) is 18.3. The van der Waals surface area contributed by atoms with Gasteiger partial charge in [0.2, 0.25) is 0 Å². The van der Waals surface area contributed by atoms with E-state index in [1.54, 1.807) is 0 Å². The Morgan fingerprint density at radius 2 is 1.68 bits per heavy atom. The molecule has 1 amide bonds. The van der Waals surface area contributed by atoms with E-state index in [0.717, 1.165) is 18.4 Å². The standard InChI is InChI=1S/C19H21NO2/c1-14-11-16-9-5-6-10-17(16)12-18(14)20-19(21)22-13-15-7-3-2-4-8-15/h2-10,14,18H,11-13H2,1H3,(H,20,21)/t14-,18-/m1/s1. The predicted octanol–water partition coefficient (Wildman–Crippen LogP) is 3.72. The van der Waals surface area contributed by atoms with Crippen LogP contribution in [0.5, 0.6) is 0 Å². The van der Waals surface area contributed by atoms with Gasteiger partial charge >= 0.3 is 6.09 Å². The highest BCUT2D eigenvalue weighted by atomic mass is 16.5. The quantitative estimate of drug-likeness (QED) is 0.937. The predicted molar refractivity (Wildman–Crippen MR) is 86.6 cm³/mol. The molecule has 0 heterocycles. The Morgan fingerprint density at radius 1 is 1.05 bits per heavy atom. The van der Waals surface area contributed by atoms with Crippen LogP contribution in [-0.4, -0.2) is 12.1 Å². The number of fused-ring (bicyclic) bond motifs is 1. The minimum atomic E-state index is -0.333. The molecule has 114 valence electrons. The molecule has 0 saturated heterocycles. The first-order valence-electron chi connectivity index (χ1n) is 7.76. The number of benzene rings is 2. The summed E-state index contributed by atoms with van der Waals surface area (Å²) in [4.78, 5) is 12.0. The molecule has 3 rings (SSSR count). The fourth-order valence-electron chi connectivity index (χ4n) is 2.99. The van der Waals surface area contributed by atoms with Crippen LogP contribution in [0.4, 0.5) is 4.79 Å². The van der Waals surface area contributed by atoms with Gasteiger partial charge in [-0.3, -0.25) is 0 Å². The third-order valence-electron chi connectivity index (χ3n) is 4.30. The van der Waals surface area contributed by atoms with Crippen LogP contribution in [-0.2, 0) is 24.2 Å². The third kappa shape index (κ3) is 3.48. The first-order chi connectivity index (χ1) is 10.7. The van der Waals surface area contributed by atoms with E-state index in [-0.39, 0.29) is 12.1 Å². The molecule has 1 aliphatic rings. The number of hydrogen-bond acceptors (Lipinski definition) is 2. The van der Waals surface area contributed by atoms with Crippen molar-refractivity contribution in [3.8, 4) is 0 Å². The van der Waals surface area contributed by atoms with Gasteiger partial charge in [-0.2, -0.15) is 0 Å². The molecule has 0 saturated carbocycles. The summed E-state index contributed by atoms with van der Waals surface area (Å²) < 4.78 is 5.32. The highest BCUT2D eigenvalue weighted by Gasteiger charge is 2.26. The van der Waals surface area contributed by atoms with Crippen LogP contribution in [0.2, 0.25) is 0 Å². The summed E-state index contributed by atoms with van der Waals surface area (Å²) >= 11 is 0. The van der Waals surface area contributed by atoms with Gasteiger partial charge in [-0.15, -0.1) is 0 Å². The highest BCUT2D eigenvalue weighted by Crippen LogP contribution is 2.25. The van der Waals surface area contributed by atoms with E-state index in [1.165, 1.54) is 11.1 Å². The third-order valence-corrected chi connectivity index (χ3v) is 4.30. The van der Waals surface area contributed by atoms with Gasteiger partial charge in [0, 0.05) is 6.04 Å². The van der Waals surface area contributed by atoms with E-state index in [1.807, 2.05) is 30.3 Å². The minimum absolute atomic E-state index is 0.137. The second-order valence-electron chi connectivity index (χ2n) is 5.97. The summed E-state index contributed by atoms with van der Waals surface area (Å²) in [5, 5.41) is 3.02. The Hall–Kier alpha value is -2.29. The molecule has 0 aromatic heterocycles. The Kier molecular flexibility index (Phi) is 4.42. The molecule has 0 bridgehead atoms. The highest BCUT2D eigenvalue weighted by molar-refractivity contribution is 5.67. The van der Waals surface area contributed by atoms with Crippen LogP contribution in [0.1, 0.15) is 23.6 Å². The molecule has 2 atom stereocenters. The van der Waals surface area contributed by atoms with Gasteiger partial charge in [-0.25, -0.2) is 4.79 Å². The van der Waals surface area contributed by atoms with Crippen molar-refractivity contribution < 1.29 is 9.53 Å². The fraction of sp³-hybridized carbons (Fsp3) is 0.316. The van der Waals surface area contributed by atoms with Crippen LogP contribution in [0.3, 0.4) is 0 Å². The molecule has 0 fully saturated rings. The average Bonchev–Trinajstić information content (AvgIpc) is 2.55. The number of amides is 1. The van der Waals surface area contributed by atoms with Crippen molar-refractivity contribution in [3.05, 3.63) is 71.3 Å². The second-order valence-corrected chi connectivity index (χ2v) is 5.97. The zero-order chi connectivity index (χ0) is 15.4. The summed E-state index contributed by atoms with van der Waals surface area (Å²) in [5.74, 6) is 0.416. The summed E-state index contributed by atoms with van der Waals surface area (Å²) in [6.07, 6.45) is 1.54. The normalized spacial score (nSPS) is 20.0. The van der Waals surface area contributed by atoms with Crippen LogP contribution < -0.4 is 5.32 Å². The zero-order valence-corrected chi connectivity index (χ0v) is 12.8. The van der Waals surface area contributed by atoms with Crippen molar-refractivity contribution in [1.29, 1.82) is 0 Å². The van der Waals surface area contributed by atoms with E-state index in [0.29, 0.717) is 12.5 Å². The molecule has 0 radical (unpaired) electrons. The molecular weight excluding hydrogens is 274 g/mol. The molecule has 0 unspecified atom stereocenters. The lowest BCUT2D eigenvalue weighted by atomic mass is 9.81. The molecular formula is C19H21NO2. The lowest BCUT2D eigenvalue weighted by Crippen LogP contribution is -2.44. The number of hydrogen-bond donors (Lipinski definition) is 1. The van der Waals surface area contributed by atoms with Gasteiger partial charge < -0.3 is 10.1 Å². The molecule has 2 aromatic rings. The molecule has 3 heteroatoms. The maximum Gasteiger partial charge on any atom is 0.407 e. The number of ether oxygens (including phenoxy) is 1. The Labute approximate surface area is 131 Å².